The van der Waals surface area contributed by atoms with Crippen molar-refractivity contribution in [3.63, 3.8) is 0 Å². The van der Waals surface area contributed by atoms with Gasteiger partial charge in [0.1, 0.15) is 11.9 Å². The summed E-state index contributed by atoms with van der Waals surface area (Å²) in [5.41, 5.74) is 8.16. The lowest BCUT2D eigenvalue weighted by Crippen LogP contribution is -2.03. The molecule has 0 atom stereocenters. The monoisotopic (exact) mass is 224 g/mol. The van der Waals surface area contributed by atoms with Gasteiger partial charge in [0.15, 0.2) is 0 Å². The van der Waals surface area contributed by atoms with Crippen LogP contribution < -0.4 is 11.1 Å². The second-order valence-electron chi connectivity index (χ2n) is 3.60. The minimum absolute atomic E-state index is 0.551. The molecule has 17 heavy (non-hydrogen) atoms. The molecule has 2 rings (SSSR count). The molecule has 0 bridgehead atoms. The maximum Gasteiger partial charge on any atom is 0.126 e. The summed E-state index contributed by atoms with van der Waals surface area (Å²) in [6.07, 6.45) is 1.54. The standard InChI is InChI=1S/C13H12N4/c14-7-10-5-6-13(16-8-10)17-9-11-3-1-2-4-12(11)15/h1-6,8H,9,15H2,(H,16,17). The number of pyridine rings is 1. The van der Waals surface area contributed by atoms with Crippen molar-refractivity contribution in [3.8, 4) is 6.07 Å². The van der Waals surface area contributed by atoms with Crippen LogP contribution in [0.2, 0.25) is 0 Å². The molecule has 1 aromatic carbocycles. The molecule has 0 fully saturated rings. The first-order valence-corrected chi connectivity index (χ1v) is 5.23. The van der Waals surface area contributed by atoms with Gasteiger partial charge in [-0.05, 0) is 23.8 Å². The van der Waals surface area contributed by atoms with Crippen molar-refractivity contribution in [2.75, 3.05) is 11.1 Å². The van der Waals surface area contributed by atoms with E-state index in [-0.39, 0.29) is 0 Å². The van der Waals surface area contributed by atoms with Gasteiger partial charge in [0.05, 0.1) is 5.56 Å². The molecule has 0 aliphatic carbocycles. The average molecular weight is 224 g/mol. The van der Waals surface area contributed by atoms with E-state index in [1.165, 1.54) is 6.20 Å². The van der Waals surface area contributed by atoms with Crippen LogP contribution in [-0.4, -0.2) is 4.98 Å². The Labute approximate surface area is 99.7 Å². The molecule has 2 aromatic rings. The molecular weight excluding hydrogens is 212 g/mol. The maximum atomic E-state index is 8.65. The SMILES string of the molecule is N#Cc1ccc(NCc2ccccc2N)nc1. The molecular formula is C13H12N4. The van der Waals surface area contributed by atoms with Gasteiger partial charge in [0.25, 0.3) is 0 Å². The van der Waals surface area contributed by atoms with Gasteiger partial charge in [-0.2, -0.15) is 5.26 Å². The number of benzene rings is 1. The zero-order valence-corrected chi connectivity index (χ0v) is 9.22. The fourth-order valence-corrected chi connectivity index (χ4v) is 1.45. The highest BCUT2D eigenvalue weighted by Gasteiger charge is 1.98. The molecule has 0 aliphatic rings. The summed E-state index contributed by atoms with van der Waals surface area (Å²) in [4.78, 5) is 4.12. The van der Waals surface area contributed by atoms with Crippen molar-refractivity contribution in [1.82, 2.24) is 4.98 Å². The predicted octanol–water partition coefficient (Wildman–Crippen LogP) is 2.15. The predicted molar refractivity (Wildman–Crippen MR) is 67.1 cm³/mol. The summed E-state index contributed by atoms with van der Waals surface area (Å²) in [5, 5.41) is 11.8. The number of nitrogens with two attached hydrogens (primary N) is 1. The number of para-hydroxylation sites is 1. The van der Waals surface area contributed by atoms with Gasteiger partial charge in [-0.25, -0.2) is 4.98 Å². The first-order valence-electron chi connectivity index (χ1n) is 5.23. The zero-order chi connectivity index (χ0) is 12.1. The number of anilines is 2. The Morgan fingerprint density at radius 2 is 2.06 bits per heavy atom. The average Bonchev–Trinajstić information content (AvgIpc) is 2.38. The van der Waals surface area contributed by atoms with E-state index in [0.717, 1.165) is 17.1 Å². The first-order chi connectivity index (χ1) is 8.29. The third-order valence-corrected chi connectivity index (χ3v) is 2.41. The van der Waals surface area contributed by atoms with Gasteiger partial charge in [0, 0.05) is 18.4 Å². The highest BCUT2D eigenvalue weighted by Crippen LogP contribution is 2.12. The van der Waals surface area contributed by atoms with Gasteiger partial charge >= 0.3 is 0 Å². The topological polar surface area (TPSA) is 74.7 Å². The quantitative estimate of drug-likeness (QED) is 0.783. The summed E-state index contributed by atoms with van der Waals surface area (Å²) in [6.45, 7) is 0.617. The Kier molecular flexibility index (Phi) is 3.22. The molecule has 4 nitrogen and oxygen atoms in total. The number of nitrogens with one attached hydrogen (secondary N) is 1. The van der Waals surface area contributed by atoms with Crippen LogP contribution in [0.1, 0.15) is 11.1 Å². The second kappa shape index (κ2) is 4.99. The number of hydrogen-bond acceptors (Lipinski definition) is 4. The minimum atomic E-state index is 0.551. The Morgan fingerprint density at radius 3 is 2.71 bits per heavy atom. The number of aromatic nitrogens is 1. The van der Waals surface area contributed by atoms with E-state index in [1.807, 2.05) is 30.3 Å². The van der Waals surface area contributed by atoms with Crippen molar-refractivity contribution in [2.45, 2.75) is 6.54 Å². The first kappa shape index (κ1) is 11.0. The zero-order valence-electron chi connectivity index (χ0n) is 9.22. The lowest BCUT2D eigenvalue weighted by Gasteiger charge is -2.07. The van der Waals surface area contributed by atoms with Crippen molar-refractivity contribution in [3.05, 3.63) is 53.7 Å². The van der Waals surface area contributed by atoms with E-state index >= 15 is 0 Å². The summed E-state index contributed by atoms with van der Waals surface area (Å²) in [6, 6.07) is 13.2. The van der Waals surface area contributed by atoms with E-state index in [1.54, 1.807) is 12.1 Å². The van der Waals surface area contributed by atoms with E-state index in [0.29, 0.717) is 12.1 Å². The summed E-state index contributed by atoms with van der Waals surface area (Å²) >= 11 is 0. The molecule has 3 N–H and O–H groups in total. The normalized spacial score (nSPS) is 9.59. The molecule has 0 spiro atoms. The van der Waals surface area contributed by atoms with Gasteiger partial charge in [-0.3, -0.25) is 0 Å². The number of nitrogens with zero attached hydrogens (tertiary/aromatic N) is 2. The van der Waals surface area contributed by atoms with Gasteiger partial charge in [-0.1, -0.05) is 18.2 Å². The Morgan fingerprint density at radius 1 is 1.24 bits per heavy atom. The molecule has 1 aromatic heterocycles. The van der Waals surface area contributed by atoms with Gasteiger partial charge < -0.3 is 11.1 Å². The van der Waals surface area contributed by atoms with E-state index in [2.05, 4.69) is 10.3 Å². The largest absolute Gasteiger partial charge is 0.398 e. The lowest BCUT2D eigenvalue weighted by molar-refractivity contribution is 1.11. The summed E-state index contributed by atoms with van der Waals surface area (Å²) in [7, 11) is 0. The van der Waals surface area contributed by atoms with Crippen LogP contribution in [0, 0.1) is 11.3 Å². The molecule has 0 radical (unpaired) electrons. The van der Waals surface area contributed by atoms with Crippen LogP contribution in [-0.2, 0) is 6.54 Å². The summed E-state index contributed by atoms with van der Waals surface area (Å²) in [5.74, 6) is 0.729. The van der Waals surface area contributed by atoms with Crippen LogP contribution in [0.15, 0.2) is 42.6 Å². The van der Waals surface area contributed by atoms with Crippen LogP contribution in [0.5, 0.6) is 0 Å². The Balaban J connectivity index is 2.03. The fourth-order valence-electron chi connectivity index (χ4n) is 1.45. The van der Waals surface area contributed by atoms with Crippen molar-refractivity contribution in [1.29, 1.82) is 5.26 Å². The van der Waals surface area contributed by atoms with Crippen molar-refractivity contribution in [2.24, 2.45) is 0 Å². The highest BCUT2D eigenvalue weighted by molar-refractivity contribution is 5.48. The third-order valence-electron chi connectivity index (χ3n) is 2.41. The lowest BCUT2D eigenvalue weighted by atomic mass is 10.2. The van der Waals surface area contributed by atoms with Gasteiger partial charge in [0.2, 0.25) is 0 Å². The molecule has 84 valence electrons. The number of nitriles is 1. The number of nitrogen functional groups attached to an aromatic ring is 1. The Hall–Kier alpha value is -2.54. The van der Waals surface area contributed by atoms with Crippen molar-refractivity contribution < 1.29 is 0 Å². The molecule has 1 heterocycles. The van der Waals surface area contributed by atoms with Crippen LogP contribution in [0.25, 0.3) is 0 Å². The second-order valence-corrected chi connectivity index (χ2v) is 3.60. The van der Waals surface area contributed by atoms with Crippen LogP contribution >= 0.6 is 0 Å². The molecule has 0 aliphatic heterocycles. The molecule has 0 amide bonds. The third kappa shape index (κ3) is 2.73. The fraction of sp³-hybridized carbons (Fsp3) is 0.0769. The van der Waals surface area contributed by atoms with E-state index in [9.17, 15) is 0 Å². The Bertz CT molecular complexity index is 540. The summed E-state index contributed by atoms with van der Waals surface area (Å²) < 4.78 is 0. The molecule has 0 saturated heterocycles. The maximum absolute atomic E-state index is 8.65. The highest BCUT2D eigenvalue weighted by atomic mass is 15.0. The van der Waals surface area contributed by atoms with E-state index < -0.39 is 0 Å². The van der Waals surface area contributed by atoms with E-state index in [4.69, 9.17) is 11.0 Å². The van der Waals surface area contributed by atoms with Crippen molar-refractivity contribution >= 4 is 11.5 Å². The number of rotatable bonds is 3. The number of hydrogen-bond donors (Lipinski definition) is 2. The van der Waals surface area contributed by atoms with Gasteiger partial charge in [-0.15, -0.1) is 0 Å². The molecule has 0 unspecified atom stereocenters. The van der Waals surface area contributed by atoms with Crippen LogP contribution in [0.4, 0.5) is 11.5 Å². The molecule has 0 saturated carbocycles. The smallest absolute Gasteiger partial charge is 0.126 e. The van der Waals surface area contributed by atoms with Crippen LogP contribution in [0.3, 0.4) is 0 Å². The molecule has 4 heteroatoms. The minimum Gasteiger partial charge on any atom is -0.398 e.